The smallest absolute Gasteiger partial charge is 0.338 e. The number of hydrogen-bond acceptors (Lipinski definition) is 5. The summed E-state index contributed by atoms with van der Waals surface area (Å²) in [6.07, 6.45) is -0.881. The first-order chi connectivity index (χ1) is 13.0. The Kier molecular flexibility index (Phi) is 5.49. The summed E-state index contributed by atoms with van der Waals surface area (Å²) in [5.41, 5.74) is 2.82. The molecule has 1 atom stereocenters. The first kappa shape index (κ1) is 18.6. The van der Waals surface area contributed by atoms with Crippen LogP contribution in [0.2, 0.25) is 0 Å². The zero-order valence-corrected chi connectivity index (χ0v) is 15.6. The van der Waals surface area contributed by atoms with Crippen LogP contribution < -0.4 is 0 Å². The molecule has 27 heavy (non-hydrogen) atoms. The van der Waals surface area contributed by atoms with Crippen LogP contribution in [0.25, 0.3) is 11.0 Å². The minimum absolute atomic E-state index is 0.259. The van der Waals surface area contributed by atoms with E-state index in [0.29, 0.717) is 24.2 Å². The largest absolute Gasteiger partial charge is 0.449 e. The third kappa shape index (κ3) is 4.13. The number of benzene rings is 2. The number of amides is 1. The van der Waals surface area contributed by atoms with Crippen molar-refractivity contribution in [1.29, 1.82) is 0 Å². The predicted molar refractivity (Wildman–Crippen MR) is 101 cm³/mol. The number of fused-ring (bicyclic) bond motifs is 1. The molecule has 2 aromatic carbocycles. The van der Waals surface area contributed by atoms with E-state index in [4.69, 9.17) is 4.74 Å². The average molecular weight is 366 g/mol. The lowest BCUT2D eigenvalue weighted by atomic mass is 10.2. The van der Waals surface area contributed by atoms with Gasteiger partial charge in [-0.1, -0.05) is 35.5 Å². The van der Waals surface area contributed by atoms with Gasteiger partial charge in [-0.2, -0.15) is 0 Å². The van der Waals surface area contributed by atoms with Crippen molar-refractivity contribution in [3.8, 4) is 0 Å². The van der Waals surface area contributed by atoms with Crippen LogP contribution >= 0.6 is 0 Å². The summed E-state index contributed by atoms with van der Waals surface area (Å²) in [4.78, 5) is 26.4. The fourth-order valence-electron chi connectivity index (χ4n) is 2.86. The van der Waals surface area contributed by atoms with Gasteiger partial charge in [0.05, 0.1) is 11.1 Å². The third-order valence-electron chi connectivity index (χ3n) is 4.32. The van der Waals surface area contributed by atoms with Gasteiger partial charge in [0, 0.05) is 20.1 Å². The van der Waals surface area contributed by atoms with Crippen molar-refractivity contribution in [3.63, 3.8) is 0 Å². The predicted octanol–water partition coefficient (Wildman–Crippen LogP) is 2.66. The molecule has 1 aromatic heterocycles. The third-order valence-corrected chi connectivity index (χ3v) is 4.32. The van der Waals surface area contributed by atoms with Gasteiger partial charge >= 0.3 is 5.97 Å². The molecule has 0 fully saturated rings. The number of nitrogens with zero attached hydrogens (tertiary/aromatic N) is 4. The molecule has 1 heterocycles. The van der Waals surface area contributed by atoms with Gasteiger partial charge in [0.15, 0.2) is 6.10 Å². The lowest BCUT2D eigenvalue weighted by molar-refractivity contribution is -0.139. The van der Waals surface area contributed by atoms with Crippen LogP contribution in [0.5, 0.6) is 0 Å². The van der Waals surface area contributed by atoms with Gasteiger partial charge in [-0.05, 0) is 37.6 Å². The summed E-state index contributed by atoms with van der Waals surface area (Å²) in [7, 11) is 1.69. The second-order valence-electron chi connectivity index (χ2n) is 6.34. The van der Waals surface area contributed by atoms with Gasteiger partial charge in [0.2, 0.25) is 0 Å². The van der Waals surface area contributed by atoms with E-state index in [2.05, 4.69) is 10.3 Å². The van der Waals surface area contributed by atoms with E-state index in [9.17, 15) is 9.59 Å². The van der Waals surface area contributed by atoms with Crippen LogP contribution in [-0.4, -0.2) is 44.9 Å². The van der Waals surface area contributed by atoms with E-state index in [0.717, 1.165) is 11.1 Å². The molecule has 3 rings (SSSR count). The van der Waals surface area contributed by atoms with E-state index >= 15 is 0 Å². The normalized spacial score (nSPS) is 12.0. The summed E-state index contributed by atoms with van der Waals surface area (Å²) in [5.74, 6) is -0.817. The van der Waals surface area contributed by atoms with Gasteiger partial charge in [-0.15, -0.1) is 5.10 Å². The second-order valence-corrected chi connectivity index (χ2v) is 6.34. The molecular weight excluding hydrogens is 344 g/mol. The maximum atomic E-state index is 12.5. The average Bonchev–Trinajstić information content (AvgIpc) is 3.10. The minimum Gasteiger partial charge on any atom is -0.449 e. The lowest BCUT2D eigenvalue weighted by Crippen LogP contribution is -2.37. The summed E-state index contributed by atoms with van der Waals surface area (Å²) in [6, 6.07) is 14.7. The fourth-order valence-corrected chi connectivity index (χ4v) is 2.86. The number of carbonyl (C=O) groups excluding carboxylic acids is 2. The van der Waals surface area contributed by atoms with E-state index in [1.54, 1.807) is 41.8 Å². The summed E-state index contributed by atoms with van der Waals surface area (Å²) < 4.78 is 7.10. The molecule has 0 aliphatic carbocycles. The number of carbonyl (C=O) groups is 2. The maximum Gasteiger partial charge on any atom is 0.338 e. The molecular formula is C20H22N4O3. The Morgan fingerprint density at radius 2 is 1.93 bits per heavy atom. The van der Waals surface area contributed by atoms with Gasteiger partial charge in [-0.3, -0.25) is 4.79 Å². The number of ether oxygens (including phenoxy) is 1. The van der Waals surface area contributed by atoms with Crippen molar-refractivity contribution in [2.45, 2.75) is 33.0 Å². The van der Waals surface area contributed by atoms with Gasteiger partial charge in [0.1, 0.15) is 5.52 Å². The molecule has 0 unspecified atom stereocenters. The molecule has 0 bridgehead atoms. The monoisotopic (exact) mass is 366 g/mol. The molecule has 0 radical (unpaired) electrons. The van der Waals surface area contributed by atoms with E-state index < -0.39 is 12.1 Å². The quantitative estimate of drug-likeness (QED) is 0.627. The Morgan fingerprint density at radius 1 is 1.19 bits per heavy atom. The summed E-state index contributed by atoms with van der Waals surface area (Å²) >= 11 is 0. The highest BCUT2D eigenvalue weighted by Crippen LogP contribution is 2.15. The number of aromatic nitrogens is 3. The number of likely N-dealkylation sites (N-methyl/N-ethyl adjacent to an activating group) is 1. The Balaban J connectivity index is 1.65. The maximum absolute atomic E-state index is 12.5. The van der Waals surface area contributed by atoms with Crippen molar-refractivity contribution in [2.75, 3.05) is 7.05 Å². The number of rotatable bonds is 6. The van der Waals surface area contributed by atoms with Crippen LogP contribution in [0.15, 0.2) is 48.5 Å². The highest BCUT2D eigenvalue weighted by molar-refractivity contribution is 5.95. The lowest BCUT2D eigenvalue weighted by Gasteiger charge is -2.21. The summed E-state index contributed by atoms with van der Waals surface area (Å²) in [5, 5.41) is 8.07. The highest BCUT2D eigenvalue weighted by Gasteiger charge is 2.22. The van der Waals surface area contributed by atoms with Crippen LogP contribution in [0, 0.1) is 0 Å². The molecule has 0 spiro atoms. The van der Waals surface area contributed by atoms with E-state index in [1.807, 2.05) is 37.3 Å². The molecule has 1 amide bonds. The van der Waals surface area contributed by atoms with Crippen LogP contribution in [0.4, 0.5) is 0 Å². The molecule has 0 saturated heterocycles. The Morgan fingerprint density at radius 3 is 2.63 bits per heavy atom. The molecule has 0 saturated carbocycles. The van der Waals surface area contributed by atoms with Crippen molar-refractivity contribution < 1.29 is 14.3 Å². The number of esters is 1. The standard InChI is InChI=1S/C20H22N4O3/c1-4-24-18-11-10-16(12-17(18)21-22-24)20(26)27-14(2)19(25)23(3)13-15-8-6-5-7-9-15/h5-12,14H,4,13H2,1-3H3/t14-/m0/s1. The highest BCUT2D eigenvalue weighted by atomic mass is 16.5. The number of aryl methyl sites for hydroxylation is 1. The van der Waals surface area contributed by atoms with Crippen molar-refractivity contribution in [2.24, 2.45) is 0 Å². The topological polar surface area (TPSA) is 77.3 Å². The molecule has 0 aliphatic rings. The number of hydrogen-bond donors (Lipinski definition) is 0. The van der Waals surface area contributed by atoms with Crippen molar-refractivity contribution in [3.05, 3.63) is 59.7 Å². The molecule has 7 nitrogen and oxygen atoms in total. The zero-order valence-electron chi connectivity index (χ0n) is 15.6. The summed E-state index contributed by atoms with van der Waals surface area (Å²) in [6.45, 7) is 4.69. The van der Waals surface area contributed by atoms with Crippen LogP contribution in [0.1, 0.15) is 29.8 Å². The first-order valence-electron chi connectivity index (χ1n) is 8.82. The molecule has 0 aliphatic heterocycles. The van der Waals surface area contributed by atoms with Gasteiger partial charge in [-0.25, -0.2) is 9.48 Å². The molecule has 0 N–H and O–H groups in total. The second kappa shape index (κ2) is 7.99. The van der Waals surface area contributed by atoms with Gasteiger partial charge in [0.25, 0.3) is 5.91 Å². The Bertz CT molecular complexity index is 952. The van der Waals surface area contributed by atoms with Gasteiger partial charge < -0.3 is 9.64 Å². The van der Waals surface area contributed by atoms with E-state index in [1.165, 1.54) is 0 Å². The van der Waals surface area contributed by atoms with Crippen molar-refractivity contribution in [1.82, 2.24) is 19.9 Å². The molecule has 3 aromatic rings. The van der Waals surface area contributed by atoms with Crippen LogP contribution in [-0.2, 0) is 22.6 Å². The molecule has 140 valence electrons. The van der Waals surface area contributed by atoms with E-state index in [-0.39, 0.29) is 5.91 Å². The SMILES string of the molecule is CCn1nnc2cc(C(=O)O[C@@H](C)C(=O)N(C)Cc3ccccc3)ccc21. The molecule has 7 heteroatoms. The van der Waals surface area contributed by atoms with Crippen LogP contribution in [0.3, 0.4) is 0 Å². The fraction of sp³-hybridized carbons (Fsp3) is 0.300. The minimum atomic E-state index is -0.881. The Hall–Kier alpha value is -3.22. The Labute approximate surface area is 157 Å². The van der Waals surface area contributed by atoms with Crippen molar-refractivity contribution >= 4 is 22.9 Å². The first-order valence-corrected chi connectivity index (χ1v) is 8.82. The zero-order chi connectivity index (χ0) is 19.4.